The van der Waals surface area contributed by atoms with Gasteiger partial charge >= 0.3 is 0 Å². The molecule has 150 valence electrons. The average Bonchev–Trinajstić information content (AvgIpc) is 2.58. The number of nitro benzene ring substituents is 1. The first-order valence-electron chi connectivity index (χ1n) is 8.54. The fourth-order valence-electron chi connectivity index (χ4n) is 2.84. The van der Waals surface area contributed by atoms with Gasteiger partial charge < -0.3 is 5.32 Å². The van der Waals surface area contributed by atoms with Gasteiger partial charge in [-0.15, -0.1) is 0 Å². The summed E-state index contributed by atoms with van der Waals surface area (Å²) in [7, 11) is -3.89. The summed E-state index contributed by atoms with van der Waals surface area (Å²) in [6.07, 6.45) is 0.965. The fraction of sp³-hybridized carbons (Fsp3) is 0.316. The molecule has 2 aromatic carbocycles. The Kier molecular flexibility index (Phi) is 6.08. The van der Waals surface area contributed by atoms with Gasteiger partial charge in [-0.1, -0.05) is 18.2 Å². The Labute approximate surface area is 164 Å². The molecule has 2 aromatic rings. The van der Waals surface area contributed by atoms with Crippen LogP contribution in [0.25, 0.3) is 0 Å². The molecule has 2 rings (SSSR count). The number of amides is 1. The lowest BCUT2D eigenvalue weighted by Crippen LogP contribution is -2.45. The van der Waals surface area contributed by atoms with Crippen molar-refractivity contribution in [3.05, 3.63) is 63.2 Å². The molecular formula is C19H23N3O5S. The highest BCUT2D eigenvalue weighted by atomic mass is 32.2. The number of anilines is 2. The third-order valence-corrected chi connectivity index (χ3v) is 5.61. The highest BCUT2D eigenvalue weighted by Crippen LogP contribution is 2.29. The van der Waals surface area contributed by atoms with Gasteiger partial charge in [0.1, 0.15) is 6.04 Å². The summed E-state index contributed by atoms with van der Waals surface area (Å²) in [5.41, 5.74) is 2.71. The van der Waals surface area contributed by atoms with E-state index in [4.69, 9.17) is 0 Å². The zero-order valence-electron chi connectivity index (χ0n) is 16.4. The number of carbonyl (C=O) groups is 1. The molecule has 0 radical (unpaired) electrons. The summed E-state index contributed by atoms with van der Waals surface area (Å²) in [4.78, 5) is 23.3. The van der Waals surface area contributed by atoms with Crippen molar-refractivity contribution in [1.82, 2.24) is 0 Å². The minimum Gasteiger partial charge on any atom is -0.324 e. The number of hydrogen-bond donors (Lipinski definition) is 1. The molecule has 0 saturated heterocycles. The van der Waals surface area contributed by atoms with Crippen molar-refractivity contribution in [1.29, 1.82) is 0 Å². The van der Waals surface area contributed by atoms with Crippen LogP contribution in [0.15, 0.2) is 36.4 Å². The third kappa shape index (κ3) is 4.66. The number of sulfonamides is 1. The van der Waals surface area contributed by atoms with E-state index in [-0.39, 0.29) is 11.4 Å². The molecule has 0 aliphatic heterocycles. The topological polar surface area (TPSA) is 110 Å². The summed E-state index contributed by atoms with van der Waals surface area (Å²) in [6.45, 7) is 6.79. The number of nitro groups is 1. The second-order valence-electron chi connectivity index (χ2n) is 6.77. The maximum absolute atomic E-state index is 12.8. The van der Waals surface area contributed by atoms with Crippen LogP contribution in [0.3, 0.4) is 0 Å². The maximum Gasteiger partial charge on any atom is 0.271 e. The van der Waals surface area contributed by atoms with Crippen molar-refractivity contribution in [2.75, 3.05) is 15.9 Å². The minimum atomic E-state index is -3.89. The summed E-state index contributed by atoms with van der Waals surface area (Å²) in [6, 6.07) is 8.36. The molecule has 9 heteroatoms. The average molecular weight is 405 g/mol. The SMILES string of the molecule is Cc1ccc(C)c(NC(=O)[C@@H](C)N(c2cc([N+](=O)[O-])ccc2C)S(C)(=O)=O)c1. The Bertz CT molecular complexity index is 1030. The largest absolute Gasteiger partial charge is 0.324 e. The predicted octanol–water partition coefficient (Wildman–Crippen LogP) is 3.31. The first-order valence-corrected chi connectivity index (χ1v) is 10.4. The second kappa shape index (κ2) is 7.97. The van der Waals surface area contributed by atoms with Gasteiger partial charge in [0.25, 0.3) is 5.69 Å². The van der Waals surface area contributed by atoms with Crippen molar-refractivity contribution >= 4 is 33.0 Å². The first kappa shape index (κ1) is 21.4. The number of benzene rings is 2. The van der Waals surface area contributed by atoms with Gasteiger partial charge in [-0.2, -0.15) is 0 Å². The van der Waals surface area contributed by atoms with E-state index in [2.05, 4.69) is 5.32 Å². The number of rotatable bonds is 6. The van der Waals surface area contributed by atoms with Crippen molar-refractivity contribution in [2.45, 2.75) is 33.7 Å². The molecule has 0 aliphatic rings. The number of carbonyl (C=O) groups excluding carboxylic acids is 1. The predicted molar refractivity (Wildman–Crippen MR) is 109 cm³/mol. The van der Waals surface area contributed by atoms with Gasteiger partial charge in [-0.3, -0.25) is 19.2 Å². The number of nitrogens with zero attached hydrogens (tertiary/aromatic N) is 2. The van der Waals surface area contributed by atoms with E-state index >= 15 is 0 Å². The zero-order valence-corrected chi connectivity index (χ0v) is 17.2. The molecule has 0 bridgehead atoms. The molecule has 0 fully saturated rings. The second-order valence-corrected chi connectivity index (χ2v) is 8.63. The summed E-state index contributed by atoms with van der Waals surface area (Å²) < 4.78 is 25.8. The van der Waals surface area contributed by atoms with Crippen molar-refractivity contribution in [2.24, 2.45) is 0 Å². The molecule has 0 spiro atoms. The molecule has 1 N–H and O–H groups in total. The van der Waals surface area contributed by atoms with Crippen LogP contribution in [0.4, 0.5) is 17.1 Å². The lowest BCUT2D eigenvalue weighted by Gasteiger charge is -2.29. The lowest BCUT2D eigenvalue weighted by molar-refractivity contribution is -0.384. The molecular weight excluding hydrogens is 382 g/mol. The molecule has 28 heavy (non-hydrogen) atoms. The Hall–Kier alpha value is -2.94. The van der Waals surface area contributed by atoms with E-state index in [0.717, 1.165) is 27.8 Å². The molecule has 0 unspecified atom stereocenters. The van der Waals surface area contributed by atoms with Crippen LogP contribution in [-0.4, -0.2) is 31.5 Å². The quantitative estimate of drug-likeness (QED) is 0.586. The van der Waals surface area contributed by atoms with Crippen molar-refractivity contribution in [3.8, 4) is 0 Å². The smallest absolute Gasteiger partial charge is 0.271 e. The summed E-state index contributed by atoms with van der Waals surface area (Å²) in [5.74, 6) is -0.537. The fourth-order valence-corrected chi connectivity index (χ4v) is 4.06. The van der Waals surface area contributed by atoms with E-state index in [1.807, 2.05) is 26.0 Å². The third-order valence-electron chi connectivity index (χ3n) is 4.38. The lowest BCUT2D eigenvalue weighted by atomic mass is 10.1. The molecule has 0 saturated carbocycles. The van der Waals surface area contributed by atoms with Crippen LogP contribution in [0.2, 0.25) is 0 Å². The van der Waals surface area contributed by atoms with Crippen LogP contribution < -0.4 is 9.62 Å². The summed E-state index contributed by atoms with van der Waals surface area (Å²) >= 11 is 0. The highest BCUT2D eigenvalue weighted by Gasteiger charge is 2.31. The van der Waals surface area contributed by atoms with Crippen LogP contribution in [0.5, 0.6) is 0 Å². The standard InChI is InChI=1S/C19H23N3O5S/c1-12-6-7-13(2)17(10-12)20-19(23)15(4)21(28(5,26)27)18-11-16(22(24)25)9-8-14(18)3/h6-11,15H,1-5H3,(H,20,23)/t15-/m1/s1. The zero-order chi connectivity index (χ0) is 21.2. The van der Waals surface area contributed by atoms with Crippen LogP contribution in [-0.2, 0) is 14.8 Å². The first-order chi connectivity index (χ1) is 12.9. The van der Waals surface area contributed by atoms with Crippen molar-refractivity contribution < 1.29 is 18.1 Å². The van der Waals surface area contributed by atoms with Gasteiger partial charge in [0.05, 0.1) is 16.9 Å². The Morgan fingerprint density at radius 2 is 1.71 bits per heavy atom. The Morgan fingerprint density at radius 3 is 2.29 bits per heavy atom. The van der Waals surface area contributed by atoms with E-state index in [0.29, 0.717) is 11.3 Å². The Balaban J connectivity index is 2.46. The van der Waals surface area contributed by atoms with E-state index in [1.165, 1.54) is 19.1 Å². The molecule has 0 aromatic heterocycles. The Morgan fingerprint density at radius 1 is 1.11 bits per heavy atom. The molecule has 8 nitrogen and oxygen atoms in total. The molecule has 1 atom stereocenters. The monoisotopic (exact) mass is 405 g/mol. The molecule has 0 heterocycles. The number of non-ortho nitro benzene ring substituents is 1. The van der Waals surface area contributed by atoms with Gasteiger partial charge in [0.15, 0.2) is 0 Å². The van der Waals surface area contributed by atoms with E-state index in [1.54, 1.807) is 13.0 Å². The maximum atomic E-state index is 12.8. The van der Waals surface area contributed by atoms with Gasteiger partial charge in [0, 0.05) is 17.8 Å². The van der Waals surface area contributed by atoms with Gasteiger partial charge in [-0.05, 0) is 50.5 Å². The van der Waals surface area contributed by atoms with E-state index in [9.17, 15) is 23.3 Å². The molecule has 1 amide bonds. The number of aryl methyl sites for hydroxylation is 3. The number of nitrogens with one attached hydrogen (secondary N) is 1. The van der Waals surface area contributed by atoms with Crippen LogP contribution in [0.1, 0.15) is 23.6 Å². The normalized spacial score (nSPS) is 12.3. The minimum absolute atomic E-state index is 0.0975. The van der Waals surface area contributed by atoms with E-state index < -0.39 is 26.9 Å². The molecule has 0 aliphatic carbocycles. The van der Waals surface area contributed by atoms with Crippen LogP contribution in [0, 0.1) is 30.9 Å². The van der Waals surface area contributed by atoms with Gasteiger partial charge in [0.2, 0.25) is 15.9 Å². The van der Waals surface area contributed by atoms with Gasteiger partial charge in [-0.25, -0.2) is 8.42 Å². The van der Waals surface area contributed by atoms with Crippen molar-refractivity contribution in [3.63, 3.8) is 0 Å². The van der Waals surface area contributed by atoms with Crippen LogP contribution >= 0.6 is 0 Å². The number of hydrogen-bond acceptors (Lipinski definition) is 5. The highest BCUT2D eigenvalue weighted by molar-refractivity contribution is 7.92. The summed E-state index contributed by atoms with van der Waals surface area (Å²) in [5, 5.41) is 13.9.